The highest BCUT2D eigenvalue weighted by Gasteiger charge is 2.22. The van der Waals surface area contributed by atoms with Crippen molar-refractivity contribution < 1.29 is 4.74 Å². The Bertz CT molecular complexity index is 367. The first-order valence-corrected chi connectivity index (χ1v) is 7.01. The number of hydrogen-bond donors (Lipinski definition) is 1. The van der Waals surface area contributed by atoms with E-state index < -0.39 is 0 Å². The van der Waals surface area contributed by atoms with Crippen molar-refractivity contribution in [2.24, 2.45) is 5.73 Å². The predicted octanol–water partition coefficient (Wildman–Crippen LogP) is 2.29. The quantitative estimate of drug-likeness (QED) is 0.844. The lowest BCUT2D eigenvalue weighted by Crippen LogP contribution is -2.43. The second-order valence-corrected chi connectivity index (χ2v) is 5.69. The van der Waals surface area contributed by atoms with Gasteiger partial charge < -0.3 is 10.5 Å². The topological polar surface area (TPSA) is 53.1 Å². The maximum Gasteiger partial charge on any atom is 0.0647 e. The van der Waals surface area contributed by atoms with Crippen molar-refractivity contribution in [3.63, 3.8) is 0 Å². The summed E-state index contributed by atoms with van der Waals surface area (Å²) in [6.45, 7) is 5.31. The van der Waals surface area contributed by atoms with E-state index in [9.17, 15) is 0 Å². The van der Waals surface area contributed by atoms with E-state index in [1.807, 2.05) is 13.8 Å². The molecule has 18 heavy (non-hydrogen) atoms. The van der Waals surface area contributed by atoms with Gasteiger partial charge in [0.2, 0.25) is 0 Å². The monoisotopic (exact) mass is 251 g/mol. The van der Waals surface area contributed by atoms with E-state index in [4.69, 9.17) is 10.5 Å². The summed E-state index contributed by atoms with van der Waals surface area (Å²) in [5.41, 5.74) is 6.97. The Hall–Kier alpha value is -0.870. The Morgan fingerprint density at radius 3 is 2.89 bits per heavy atom. The van der Waals surface area contributed by atoms with Crippen LogP contribution in [0.5, 0.6) is 0 Å². The standard InChI is InChI=1S/C14H25N3O/c1-3-18-11-14(2,15)10-12-8-9-17(16-12)13-6-4-5-7-13/h8-9,13H,3-7,10-11,15H2,1-2H3. The molecule has 0 aromatic carbocycles. The van der Waals surface area contributed by atoms with Crippen LogP contribution in [0.2, 0.25) is 0 Å². The third kappa shape index (κ3) is 3.56. The normalized spacial score (nSPS) is 20.2. The van der Waals surface area contributed by atoms with Gasteiger partial charge in [0.25, 0.3) is 0 Å². The fourth-order valence-electron chi connectivity index (χ4n) is 2.64. The average molecular weight is 251 g/mol. The van der Waals surface area contributed by atoms with Crippen molar-refractivity contribution in [1.29, 1.82) is 0 Å². The molecule has 2 rings (SSSR count). The minimum Gasteiger partial charge on any atom is -0.380 e. The first kappa shape index (κ1) is 13.6. The van der Waals surface area contributed by atoms with E-state index in [0.717, 1.165) is 12.1 Å². The summed E-state index contributed by atoms with van der Waals surface area (Å²) < 4.78 is 7.54. The lowest BCUT2D eigenvalue weighted by atomic mass is 9.98. The van der Waals surface area contributed by atoms with Crippen LogP contribution in [-0.2, 0) is 11.2 Å². The van der Waals surface area contributed by atoms with Gasteiger partial charge in [-0.2, -0.15) is 5.10 Å². The number of ether oxygens (including phenoxy) is 1. The fraction of sp³-hybridized carbons (Fsp3) is 0.786. The molecule has 1 saturated carbocycles. The van der Waals surface area contributed by atoms with Crippen molar-refractivity contribution in [3.05, 3.63) is 18.0 Å². The van der Waals surface area contributed by atoms with Gasteiger partial charge in [-0.1, -0.05) is 12.8 Å². The molecule has 0 amide bonds. The summed E-state index contributed by atoms with van der Waals surface area (Å²) in [6, 6.07) is 2.70. The minimum atomic E-state index is -0.329. The lowest BCUT2D eigenvalue weighted by molar-refractivity contribution is 0.101. The Morgan fingerprint density at radius 1 is 1.50 bits per heavy atom. The van der Waals surface area contributed by atoms with Crippen molar-refractivity contribution in [2.45, 2.75) is 57.5 Å². The van der Waals surface area contributed by atoms with Crippen molar-refractivity contribution in [3.8, 4) is 0 Å². The predicted molar refractivity (Wildman–Crippen MR) is 72.5 cm³/mol. The summed E-state index contributed by atoms with van der Waals surface area (Å²) in [5, 5.41) is 4.67. The molecule has 1 aromatic rings. The highest BCUT2D eigenvalue weighted by atomic mass is 16.5. The molecule has 4 heteroatoms. The number of rotatable bonds is 6. The molecule has 0 radical (unpaired) electrons. The zero-order chi connectivity index (χ0) is 13.0. The number of nitrogens with two attached hydrogens (primary N) is 1. The van der Waals surface area contributed by atoms with Gasteiger partial charge in [-0.3, -0.25) is 4.68 Å². The Morgan fingerprint density at radius 2 is 2.22 bits per heavy atom. The maximum atomic E-state index is 6.22. The van der Waals surface area contributed by atoms with Crippen LogP contribution in [0.4, 0.5) is 0 Å². The Balaban J connectivity index is 1.93. The van der Waals surface area contributed by atoms with Crippen LogP contribution >= 0.6 is 0 Å². The number of nitrogens with zero attached hydrogens (tertiary/aromatic N) is 2. The smallest absolute Gasteiger partial charge is 0.0647 e. The highest BCUT2D eigenvalue weighted by Crippen LogP contribution is 2.28. The number of hydrogen-bond acceptors (Lipinski definition) is 3. The second-order valence-electron chi connectivity index (χ2n) is 5.69. The Kier molecular flexibility index (Phi) is 4.40. The van der Waals surface area contributed by atoms with Crippen LogP contribution < -0.4 is 5.73 Å². The summed E-state index contributed by atoms with van der Waals surface area (Å²) in [5.74, 6) is 0. The van der Waals surface area contributed by atoms with E-state index >= 15 is 0 Å². The lowest BCUT2D eigenvalue weighted by Gasteiger charge is -2.23. The minimum absolute atomic E-state index is 0.329. The van der Waals surface area contributed by atoms with Gasteiger partial charge in [0.1, 0.15) is 0 Å². The van der Waals surface area contributed by atoms with E-state index in [0.29, 0.717) is 19.3 Å². The molecular weight excluding hydrogens is 226 g/mol. The summed E-state index contributed by atoms with van der Waals surface area (Å²) in [4.78, 5) is 0. The van der Waals surface area contributed by atoms with Gasteiger partial charge in [-0.15, -0.1) is 0 Å². The van der Waals surface area contributed by atoms with Crippen LogP contribution in [-0.4, -0.2) is 28.5 Å². The first-order valence-electron chi connectivity index (χ1n) is 7.01. The van der Waals surface area contributed by atoms with Crippen molar-refractivity contribution >= 4 is 0 Å². The molecule has 1 heterocycles. The van der Waals surface area contributed by atoms with E-state index in [1.165, 1.54) is 25.7 Å². The average Bonchev–Trinajstić information content (AvgIpc) is 2.95. The molecule has 0 spiro atoms. The molecular formula is C14H25N3O. The summed E-state index contributed by atoms with van der Waals surface area (Å²) in [7, 11) is 0. The molecule has 4 nitrogen and oxygen atoms in total. The third-order valence-corrected chi connectivity index (χ3v) is 3.58. The van der Waals surface area contributed by atoms with E-state index in [-0.39, 0.29) is 5.54 Å². The highest BCUT2D eigenvalue weighted by molar-refractivity contribution is 5.05. The second kappa shape index (κ2) is 5.85. The van der Waals surface area contributed by atoms with Gasteiger partial charge in [0, 0.05) is 24.8 Å². The fourth-order valence-corrected chi connectivity index (χ4v) is 2.64. The summed E-state index contributed by atoms with van der Waals surface area (Å²) in [6.07, 6.45) is 8.06. The van der Waals surface area contributed by atoms with Crippen LogP contribution in [0.3, 0.4) is 0 Å². The van der Waals surface area contributed by atoms with E-state index in [2.05, 4.69) is 22.0 Å². The first-order chi connectivity index (χ1) is 8.61. The molecule has 0 bridgehead atoms. The molecule has 0 aliphatic heterocycles. The molecule has 102 valence electrons. The number of aromatic nitrogens is 2. The van der Waals surface area contributed by atoms with Crippen LogP contribution in [0.1, 0.15) is 51.3 Å². The Labute approximate surface area is 110 Å². The zero-order valence-corrected chi connectivity index (χ0v) is 11.6. The van der Waals surface area contributed by atoms with Gasteiger partial charge >= 0.3 is 0 Å². The molecule has 0 saturated heterocycles. The van der Waals surface area contributed by atoms with Crippen LogP contribution in [0.15, 0.2) is 12.3 Å². The molecule has 1 aliphatic carbocycles. The largest absolute Gasteiger partial charge is 0.380 e. The van der Waals surface area contributed by atoms with Gasteiger partial charge in [-0.05, 0) is 32.8 Å². The zero-order valence-electron chi connectivity index (χ0n) is 11.6. The van der Waals surface area contributed by atoms with E-state index in [1.54, 1.807) is 0 Å². The van der Waals surface area contributed by atoms with Crippen molar-refractivity contribution in [2.75, 3.05) is 13.2 Å². The molecule has 1 fully saturated rings. The van der Waals surface area contributed by atoms with Gasteiger partial charge in [0.05, 0.1) is 18.3 Å². The molecule has 1 aromatic heterocycles. The van der Waals surface area contributed by atoms with Gasteiger partial charge in [-0.25, -0.2) is 0 Å². The van der Waals surface area contributed by atoms with Crippen molar-refractivity contribution in [1.82, 2.24) is 9.78 Å². The molecule has 2 N–H and O–H groups in total. The summed E-state index contributed by atoms with van der Waals surface area (Å²) >= 11 is 0. The molecule has 1 unspecified atom stereocenters. The third-order valence-electron chi connectivity index (χ3n) is 3.58. The SMILES string of the molecule is CCOCC(C)(N)Cc1ccn(C2CCCC2)n1. The molecule has 1 aliphatic rings. The maximum absolute atomic E-state index is 6.22. The molecule has 1 atom stereocenters. The van der Waals surface area contributed by atoms with Gasteiger partial charge in [0.15, 0.2) is 0 Å². The van der Waals surface area contributed by atoms with Crippen LogP contribution in [0, 0.1) is 0 Å². The van der Waals surface area contributed by atoms with Crippen LogP contribution in [0.25, 0.3) is 0 Å².